The molecule has 0 N–H and O–H groups in total. The highest BCUT2D eigenvalue weighted by Crippen LogP contribution is 2.27. The molecule has 1 aromatic rings. The van der Waals surface area contributed by atoms with Gasteiger partial charge in [0.2, 0.25) is 0 Å². The third-order valence-electron chi connectivity index (χ3n) is 1.63. The Balaban J connectivity index is 2.66. The Kier molecular flexibility index (Phi) is 1.38. The molecule has 0 fully saturated rings. The zero-order valence-corrected chi connectivity index (χ0v) is 6.93. The first-order valence-electron chi connectivity index (χ1n) is 3.18. The van der Waals surface area contributed by atoms with Gasteiger partial charge in [-0.1, -0.05) is 40.2 Å². The van der Waals surface area contributed by atoms with Gasteiger partial charge in [-0.25, -0.2) is 0 Å². The molecule has 0 aromatic heterocycles. The molecule has 0 aliphatic heterocycles. The van der Waals surface area contributed by atoms with Crippen molar-refractivity contribution < 1.29 is 0 Å². The van der Waals surface area contributed by atoms with E-state index in [0.717, 1.165) is 0 Å². The molecule has 1 aromatic carbocycles. The van der Waals surface area contributed by atoms with Crippen LogP contribution in [0.5, 0.6) is 0 Å². The van der Waals surface area contributed by atoms with E-state index in [4.69, 9.17) is 0 Å². The van der Waals surface area contributed by atoms with E-state index in [2.05, 4.69) is 46.6 Å². The van der Waals surface area contributed by atoms with Gasteiger partial charge in [-0.05, 0) is 17.2 Å². The lowest BCUT2D eigenvalue weighted by atomic mass is 10.1. The van der Waals surface area contributed by atoms with Crippen LogP contribution in [-0.4, -0.2) is 0 Å². The highest BCUT2D eigenvalue weighted by Gasteiger charge is 2.06. The van der Waals surface area contributed by atoms with Crippen molar-refractivity contribution in [2.75, 3.05) is 0 Å². The Morgan fingerprint density at radius 1 is 1.20 bits per heavy atom. The molecule has 1 aliphatic rings. The van der Waals surface area contributed by atoms with Crippen molar-refractivity contribution >= 4 is 22.0 Å². The molecule has 10 heavy (non-hydrogen) atoms. The average molecular weight is 194 g/mol. The van der Waals surface area contributed by atoms with Crippen LogP contribution in [0.4, 0.5) is 0 Å². The summed E-state index contributed by atoms with van der Waals surface area (Å²) in [4.78, 5) is 0. The first-order chi connectivity index (χ1) is 4.88. The summed E-state index contributed by atoms with van der Waals surface area (Å²) in [5.41, 5.74) is 2.59. The molecule has 0 bridgehead atoms. The fourth-order valence-electron chi connectivity index (χ4n) is 1.12. The van der Waals surface area contributed by atoms with E-state index in [0.29, 0.717) is 0 Å². The van der Waals surface area contributed by atoms with Gasteiger partial charge in [0.05, 0.1) is 0 Å². The van der Waals surface area contributed by atoms with Crippen molar-refractivity contribution in [3.63, 3.8) is 0 Å². The van der Waals surface area contributed by atoms with E-state index in [1.54, 1.807) is 0 Å². The minimum Gasteiger partial charge on any atom is -0.0754 e. The fraction of sp³-hybridized carbons (Fsp3) is 0. The summed E-state index contributed by atoms with van der Waals surface area (Å²) in [6.07, 6.45) is 6.29. The molecule has 0 atom stereocenters. The maximum Gasteiger partial charge on any atom is 0.0219 e. The molecule has 0 unspecified atom stereocenters. The molecule has 1 heteroatoms. The Labute approximate surface area is 68.7 Å². The topological polar surface area (TPSA) is 0 Å². The summed E-state index contributed by atoms with van der Waals surface area (Å²) in [6.45, 7) is 0. The third kappa shape index (κ3) is 0.816. The summed E-state index contributed by atoms with van der Waals surface area (Å²) in [5, 5.41) is 0. The van der Waals surface area contributed by atoms with Crippen LogP contribution in [0.3, 0.4) is 0 Å². The van der Waals surface area contributed by atoms with E-state index in [9.17, 15) is 0 Å². The highest BCUT2D eigenvalue weighted by atomic mass is 79.9. The van der Waals surface area contributed by atoms with Gasteiger partial charge in [0.25, 0.3) is 0 Å². The molecule has 0 saturated heterocycles. The number of hydrogen-bond donors (Lipinski definition) is 0. The minimum atomic E-state index is 1.18. The summed E-state index contributed by atoms with van der Waals surface area (Å²) >= 11 is 3.48. The largest absolute Gasteiger partial charge is 0.0754 e. The molecular formula is C9H6Br. The second kappa shape index (κ2) is 2.24. The van der Waals surface area contributed by atoms with Crippen molar-refractivity contribution in [1.29, 1.82) is 0 Å². The summed E-state index contributed by atoms with van der Waals surface area (Å²) < 4.78 is 1.18. The quantitative estimate of drug-likeness (QED) is 0.595. The molecule has 2 rings (SSSR count). The normalized spacial score (nSPS) is 13.7. The first-order valence-corrected chi connectivity index (χ1v) is 3.97. The molecule has 0 spiro atoms. The predicted molar refractivity (Wildman–Crippen MR) is 46.6 cm³/mol. The van der Waals surface area contributed by atoms with Gasteiger partial charge in [-0.3, -0.25) is 0 Å². The maximum atomic E-state index is 3.48. The SMILES string of the molecule is Brc1cccc2c1[CH]C=C2. The smallest absolute Gasteiger partial charge is 0.0219 e. The van der Waals surface area contributed by atoms with Crippen molar-refractivity contribution in [3.05, 3.63) is 46.3 Å². The van der Waals surface area contributed by atoms with E-state index in [-0.39, 0.29) is 0 Å². The third-order valence-corrected chi connectivity index (χ3v) is 2.32. The molecule has 1 radical (unpaired) electrons. The average Bonchev–Trinajstić information content (AvgIpc) is 2.36. The van der Waals surface area contributed by atoms with Crippen LogP contribution in [0.2, 0.25) is 0 Å². The second-order valence-corrected chi connectivity index (χ2v) is 3.12. The molecule has 1 aliphatic carbocycles. The van der Waals surface area contributed by atoms with Gasteiger partial charge >= 0.3 is 0 Å². The number of fused-ring (bicyclic) bond motifs is 1. The molecule has 0 nitrogen and oxygen atoms in total. The number of hydrogen-bond acceptors (Lipinski definition) is 0. The zero-order valence-electron chi connectivity index (χ0n) is 5.34. The first kappa shape index (κ1) is 6.17. The molecule has 0 heterocycles. The Bertz CT molecular complexity index is 287. The van der Waals surface area contributed by atoms with Gasteiger partial charge < -0.3 is 0 Å². The standard InChI is InChI=1S/C9H6Br/c10-9-6-2-4-7-3-1-5-8(7)9/h1-6H. The van der Waals surface area contributed by atoms with E-state index in [1.165, 1.54) is 15.6 Å². The summed E-state index contributed by atoms with van der Waals surface area (Å²) in [7, 11) is 0. The molecular weight excluding hydrogens is 188 g/mol. The molecule has 0 amide bonds. The zero-order chi connectivity index (χ0) is 6.97. The number of benzene rings is 1. The van der Waals surface area contributed by atoms with E-state index < -0.39 is 0 Å². The minimum absolute atomic E-state index is 1.18. The lowest BCUT2D eigenvalue weighted by Crippen LogP contribution is -1.79. The summed E-state index contributed by atoms with van der Waals surface area (Å²) in [6, 6.07) is 6.22. The Hall–Kier alpha value is -0.560. The van der Waals surface area contributed by atoms with Gasteiger partial charge in [-0.2, -0.15) is 0 Å². The van der Waals surface area contributed by atoms with E-state index >= 15 is 0 Å². The lowest BCUT2D eigenvalue weighted by molar-refractivity contribution is 1.50. The van der Waals surface area contributed by atoms with Gasteiger partial charge in [0.15, 0.2) is 0 Å². The molecule has 0 saturated carbocycles. The van der Waals surface area contributed by atoms with Crippen LogP contribution < -0.4 is 0 Å². The van der Waals surface area contributed by atoms with Gasteiger partial charge in [0.1, 0.15) is 0 Å². The van der Waals surface area contributed by atoms with Crippen LogP contribution in [-0.2, 0) is 0 Å². The monoisotopic (exact) mass is 193 g/mol. The van der Waals surface area contributed by atoms with Crippen LogP contribution >= 0.6 is 15.9 Å². The van der Waals surface area contributed by atoms with Crippen LogP contribution in [0.1, 0.15) is 11.1 Å². The maximum absolute atomic E-state index is 3.48. The lowest BCUT2D eigenvalue weighted by Gasteiger charge is -1.98. The Morgan fingerprint density at radius 2 is 2.10 bits per heavy atom. The predicted octanol–water partition coefficient (Wildman–Crippen LogP) is 3.03. The Morgan fingerprint density at radius 3 is 2.90 bits per heavy atom. The van der Waals surface area contributed by atoms with Crippen molar-refractivity contribution in [3.8, 4) is 0 Å². The number of halogens is 1. The van der Waals surface area contributed by atoms with Gasteiger partial charge in [-0.15, -0.1) is 0 Å². The highest BCUT2D eigenvalue weighted by molar-refractivity contribution is 9.10. The van der Waals surface area contributed by atoms with Crippen molar-refractivity contribution in [1.82, 2.24) is 0 Å². The van der Waals surface area contributed by atoms with Crippen LogP contribution in [0.15, 0.2) is 28.7 Å². The number of allylic oxidation sites excluding steroid dienone is 1. The van der Waals surface area contributed by atoms with E-state index in [1.807, 2.05) is 6.07 Å². The molecule has 49 valence electrons. The van der Waals surface area contributed by atoms with Crippen LogP contribution in [0.25, 0.3) is 6.08 Å². The van der Waals surface area contributed by atoms with Gasteiger partial charge in [0, 0.05) is 10.9 Å². The second-order valence-electron chi connectivity index (χ2n) is 2.27. The van der Waals surface area contributed by atoms with Crippen molar-refractivity contribution in [2.45, 2.75) is 0 Å². The number of rotatable bonds is 0. The van der Waals surface area contributed by atoms with Crippen LogP contribution in [0, 0.1) is 6.42 Å². The summed E-state index contributed by atoms with van der Waals surface area (Å²) in [5.74, 6) is 0. The van der Waals surface area contributed by atoms with Crippen molar-refractivity contribution in [2.24, 2.45) is 0 Å². The fourth-order valence-corrected chi connectivity index (χ4v) is 1.64.